The lowest BCUT2D eigenvalue weighted by atomic mass is 9.88. The van der Waals surface area contributed by atoms with Crippen molar-refractivity contribution in [3.05, 3.63) is 108 Å². The number of unbranched alkanes of at least 4 members (excludes halogenated alkanes) is 1. The summed E-state index contributed by atoms with van der Waals surface area (Å²) < 4.78 is 0.978. The molecule has 0 bridgehead atoms. The van der Waals surface area contributed by atoms with Crippen LogP contribution in [0.15, 0.2) is 91.3 Å². The molecule has 5 nitrogen and oxygen atoms in total. The molecular weight excluding hydrogens is 434 g/mol. The van der Waals surface area contributed by atoms with Crippen molar-refractivity contribution >= 4 is 12.0 Å². The number of hydrogen-bond donors (Lipinski definition) is 2. The molecule has 1 amide bonds. The molecule has 5 heteroatoms. The molecule has 2 N–H and O–H groups in total. The molecule has 1 aliphatic heterocycles. The Kier molecular flexibility index (Phi) is 9.07. The zero-order chi connectivity index (χ0) is 24.3. The maximum Gasteiger partial charge on any atom is 0.244 e. The number of rotatable bonds is 10. The van der Waals surface area contributed by atoms with E-state index < -0.39 is 0 Å². The summed E-state index contributed by atoms with van der Waals surface area (Å²) in [7, 11) is 0. The van der Waals surface area contributed by atoms with Crippen LogP contribution in [0.5, 0.6) is 0 Å². The maximum absolute atomic E-state index is 12.0. The lowest BCUT2D eigenvalue weighted by Crippen LogP contribution is -2.37. The van der Waals surface area contributed by atoms with Crippen molar-refractivity contribution in [3.63, 3.8) is 0 Å². The number of aromatic nitrogens is 1. The van der Waals surface area contributed by atoms with Gasteiger partial charge in [0.2, 0.25) is 18.3 Å². The van der Waals surface area contributed by atoms with E-state index in [2.05, 4.69) is 70.9 Å². The van der Waals surface area contributed by atoms with Gasteiger partial charge >= 0.3 is 0 Å². The van der Waals surface area contributed by atoms with E-state index in [9.17, 15) is 10.0 Å². The van der Waals surface area contributed by atoms with E-state index in [1.54, 1.807) is 18.3 Å². The molecule has 1 aliphatic rings. The van der Waals surface area contributed by atoms with Crippen molar-refractivity contribution in [2.45, 2.75) is 38.1 Å². The Bertz CT molecular complexity index is 1040. The highest BCUT2D eigenvalue weighted by molar-refractivity contribution is 5.91. The molecule has 0 saturated carbocycles. The monoisotopic (exact) mass is 470 g/mol. The second-order valence-corrected chi connectivity index (χ2v) is 9.34. The second kappa shape index (κ2) is 12.9. The average Bonchev–Trinajstić information content (AvgIpc) is 2.90. The second-order valence-electron chi connectivity index (χ2n) is 9.34. The van der Waals surface area contributed by atoms with Gasteiger partial charge in [0.1, 0.15) is 0 Å². The van der Waals surface area contributed by atoms with Gasteiger partial charge in [-0.15, -0.1) is 0 Å². The number of nitrogens with one attached hydrogen (secondary N) is 1. The summed E-state index contributed by atoms with van der Waals surface area (Å²) in [5.74, 6) is 0.664. The molecule has 2 heterocycles. The molecular formula is C30H36N3O2+. The molecule has 0 unspecified atom stereocenters. The number of carbonyl (C=O) groups is 1. The molecule has 1 aromatic heterocycles. The summed E-state index contributed by atoms with van der Waals surface area (Å²) in [4.78, 5) is 14.7. The van der Waals surface area contributed by atoms with Crippen LogP contribution in [0.4, 0.5) is 0 Å². The predicted molar refractivity (Wildman–Crippen MR) is 139 cm³/mol. The van der Waals surface area contributed by atoms with Crippen molar-refractivity contribution in [2.24, 2.45) is 5.92 Å². The van der Waals surface area contributed by atoms with Crippen molar-refractivity contribution in [2.75, 3.05) is 19.6 Å². The Balaban J connectivity index is 1.18. The summed E-state index contributed by atoms with van der Waals surface area (Å²) in [6.07, 6.45) is 12.1. The molecule has 182 valence electrons. The number of pyridine rings is 1. The first kappa shape index (κ1) is 24.7. The minimum Gasteiger partial charge on any atom is -0.353 e. The molecule has 0 spiro atoms. The third kappa shape index (κ3) is 7.52. The Hall–Kier alpha value is -3.44. The number of hydrogen-bond acceptors (Lipinski definition) is 3. The van der Waals surface area contributed by atoms with E-state index in [0.29, 0.717) is 12.6 Å². The summed E-state index contributed by atoms with van der Waals surface area (Å²) in [5, 5.41) is 12.4. The zero-order valence-electron chi connectivity index (χ0n) is 20.3. The Morgan fingerprint density at radius 2 is 1.63 bits per heavy atom. The van der Waals surface area contributed by atoms with Crippen LogP contribution >= 0.6 is 0 Å². The third-order valence-corrected chi connectivity index (χ3v) is 6.82. The number of nitrogens with zero attached hydrogens (tertiary/aromatic N) is 2. The highest BCUT2D eigenvalue weighted by Gasteiger charge is 2.27. The summed E-state index contributed by atoms with van der Waals surface area (Å²) in [5.41, 5.74) is 3.51. The van der Waals surface area contributed by atoms with Crippen LogP contribution in [0.25, 0.3) is 6.08 Å². The lowest BCUT2D eigenvalue weighted by molar-refractivity contribution is -0.904. The van der Waals surface area contributed by atoms with Gasteiger partial charge in [-0.3, -0.25) is 14.9 Å². The van der Waals surface area contributed by atoms with Crippen LogP contribution in [0.2, 0.25) is 0 Å². The number of amides is 1. The smallest absolute Gasteiger partial charge is 0.244 e. The molecule has 4 rings (SSSR count). The van der Waals surface area contributed by atoms with Crippen LogP contribution in [0, 0.1) is 5.92 Å². The largest absolute Gasteiger partial charge is 0.353 e. The minimum atomic E-state index is -0.0977. The average molecular weight is 471 g/mol. The van der Waals surface area contributed by atoms with Gasteiger partial charge in [0.25, 0.3) is 0 Å². The van der Waals surface area contributed by atoms with Gasteiger partial charge in [-0.25, -0.2) is 0 Å². The molecule has 0 radical (unpaired) electrons. The first-order valence-corrected chi connectivity index (χ1v) is 12.7. The molecule has 2 aromatic carbocycles. The van der Waals surface area contributed by atoms with Crippen LogP contribution in [-0.4, -0.2) is 35.6 Å². The standard InChI is InChI=1S/C30H35N3O2/c34-29(17-16-26-11-9-21-33(35)24-26)31-20-8-7-10-25-18-22-32(23-19-25)30(27-12-3-1-4-13-27)28-14-5-2-6-15-28/h1-6,9,11-17,21,24-25,30H,7-8,10,18-20,22-23H2,(H-,31,34,35)/p+1. The van der Waals surface area contributed by atoms with Crippen LogP contribution in [0.1, 0.15) is 54.8 Å². The fraction of sp³-hybridized carbons (Fsp3) is 0.333. The third-order valence-electron chi connectivity index (χ3n) is 6.82. The van der Waals surface area contributed by atoms with Crippen molar-refractivity contribution in [3.8, 4) is 0 Å². The topological polar surface area (TPSA) is 56.5 Å². The number of benzene rings is 2. The molecule has 3 aromatic rings. The summed E-state index contributed by atoms with van der Waals surface area (Å²) in [6.45, 7) is 2.93. The van der Waals surface area contributed by atoms with Gasteiger partial charge in [0, 0.05) is 29.0 Å². The fourth-order valence-electron chi connectivity index (χ4n) is 4.96. The lowest BCUT2D eigenvalue weighted by Gasteiger charge is -2.38. The number of carbonyl (C=O) groups excluding carboxylic acids is 1. The first-order chi connectivity index (χ1) is 17.2. The van der Waals surface area contributed by atoms with Gasteiger partial charge < -0.3 is 5.32 Å². The van der Waals surface area contributed by atoms with Crippen LogP contribution in [-0.2, 0) is 4.79 Å². The van der Waals surface area contributed by atoms with E-state index in [4.69, 9.17) is 0 Å². The maximum atomic E-state index is 12.0. The van der Waals surface area contributed by atoms with E-state index in [1.165, 1.54) is 42.7 Å². The first-order valence-electron chi connectivity index (χ1n) is 12.7. The van der Waals surface area contributed by atoms with Gasteiger partial charge in [0.15, 0.2) is 0 Å². The van der Waals surface area contributed by atoms with Gasteiger partial charge in [0.05, 0.1) is 6.04 Å². The van der Waals surface area contributed by atoms with E-state index in [0.717, 1.165) is 42.1 Å². The Morgan fingerprint density at radius 3 is 2.26 bits per heavy atom. The molecule has 1 fully saturated rings. The van der Waals surface area contributed by atoms with Crippen molar-refractivity contribution < 1.29 is 14.7 Å². The number of likely N-dealkylation sites (tertiary alicyclic amines) is 1. The van der Waals surface area contributed by atoms with E-state index >= 15 is 0 Å². The van der Waals surface area contributed by atoms with E-state index in [-0.39, 0.29) is 5.91 Å². The SMILES string of the molecule is O=C(C=Cc1ccc[n+](O)c1)NCCCCC1CCN(C(c2ccccc2)c2ccccc2)CC1. The van der Waals surface area contributed by atoms with Crippen LogP contribution < -0.4 is 10.0 Å². The van der Waals surface area contributed by atoms with Gasteiger partial charge in [-0.2, -0.15) is 0 Å². The van der Waals surface area contributed by atoms with E-state index in [1.807, 2.05) is 6.07 Å². The quantitative estimate of drug-likeness (QED) is 0.189. The normalized spacial score (nSPS) is 15.0. The minimum absolute atomic E-state index is 0.0977. The Morgan fingerprint density at radius 1 is 0.971 bits per heavy atom. The highest BCUT2D eigenvalue weighted by atomic mass is 16.5. The predicted octanol–water partition coefficient (Wildman–Crippen LogP) is 5.01. The van der Waals surface area contributed by atoms with Gasteiger partial charge in [-0.1, -0.05) is 73.5 Å². The molecule has 0 atom stereocenters. The zero-order valence-corrected chi connectivity index (χ0v) is 20.3. The van der Waals surface area contributed by atoms with Gasteiger partial charge in [-0.05, 0) is 61.5 Å². The van der Waals surface area contributed by atoms with Crippen LogP contribution in [0.3, 0.4) is 0 Å². The fourth-order valence-corrected chi connectivity index (χ4v) is 4.96. The van der Waals surface area contributed by atoms with Crippen molar-refractivity contribution in [1.82, 2.24) is 10.2 Å². The van der Waals surface area contributed by atoms with Crippen molar-refractivity contribution in [1.29, 1.82) is 0 Å². The Labute approximate surface area is 208 Å². The summed E-state index contributed by atoms with van der Waals surface area (Å²) in [6, 6.07) is 25.6. The number of piperidine rings is 1. The highest BCUT2D eigenvalue weighted by Crippen LogP contribution is 2.33. The molecule has 1 saturated heterocycles. The molecule has 0 aliphatic carbocycles. The summed E-state index contributed by atoms with van der Waals surface area (Å²) >= 11 is 0. The molecule has 35 heavy (non-hydrogen) atoms.